The first-order valence-corrected chi connectivity index (χ1v) is 6.45. The van der Waals surface area contributed by atoms with Crippen molar-refractivity contribution in [1.29, 1.82) is 0 Å². The van der Waals surface area contributed by atoms with E-state index < -0.39 is 17.8 Å². The van der Waals surface area contributed by atoms with E-state index in [4.69, 9.17) is 4.74 Å². The van der Waals surface area contributed by atoms with E-state index >= 15 is 0 Å². The van der Waals surface area contributed by atoms with Gasteiger partial charge in [-0.05, 0) is 25.1 Å². The van der Waals surface area contributed by atoms with Gasteiger partial charge in [0.2, 0.25) is 5.90 Å². The largest absolute Gasteiger partial charge is 0.474 e. The molecule has 0 bridgehead atoms. The molecule has 1 aromatic rings. The van der Waals surface area contributed by atoms with Gasteiger partial charge >= 0.3 is 6.18 Å². The molecule has 21 heavy (non-hydrogen) atoms. The lowest BCUT2D eigenvalue weighted by Crippen LogP contribution is -2.26. The van der Waals surface area contributed by atoms with E-state index in [1.165, 1.54) is 19.1 Å². The van der Waals surface area contributed by atoms with Crippen molar-refractivity contribution in [1.82, 2.24) is 5.43 Å². The van der Waals surface area contributed by atoms with Gasteiger partial charge in [0.15, 0.2) is 0 Å². The molecule has 2 rings (SSSR count). The first-order valence-electron chi connectivity index (χ1n) is 6.45. The summed E-state index contributed by atoms with van der Waals surface area (Å²) in [4.78, 5) is 0. The number of hydrogen-bond acceptors (Lipinski definition) is 5. The summed E-state index contributed by atoms with van der Waals surface area (Å²) in [5.74, 6) is 0.133. The van der Waals surface area contributed by atoms with Crippen molar-refractivity contribution in [2.24, 2.45) is 5.10 Å². The lowest BCUT2D eigenvalue weighted by molar-refractivity contribution is -0.137. The number of ether oxygens (including phenoxy) is 1. The summed E-state index contributed by atoms with van der Waals surface area (Å²) in [5, 5.41) is 15.6. The normalized spacial score (nSPS) is 16.5. The molecule has 8 heteroatoms. The van der Waals surface area contributed by atoms with Crippen molar-refractivity contribution in [3.63, 3.8) is 0 Å². The SMILES string of the molecule is C[C@@H](O)CNc1ccc(C2=NNCCO2)cc1C(F)(F)F. The fraction of sp³-hybridized carbons (Fsp3) is 0.462. The molecule has 1 aromatic carbocycles. The molecule has 1 aliphatic heterocycles. The van der Waals surface area contributed by atoms with Crippen molar-refractivity contribution >= 4 is 11.6 Å². The Kier molecular flexibility index (Phi) is 4.56. The number of aliphatic hydroxyl groups is 1. The van der Waals surface area contributed by atoms with Crippen LogP contribution >= 0.6 is 0 Å². The Morgan fingerprint density at radius 2 is 2.24 bits per heavy atom. The molecule has 0 unspecified atom stereocenters. The highest BCUT2D eigenvalue weighted by Crippen LogP contribution is 2.35. The van der Waals surface area contributed by atoms with Crippen LogP contribution in [0.25, 0.3) is 0 Å². The molecule has 1 atom stereocenters. The Hall–Kier alpha value is -1.96. The first-order chi connectivity index (χ1) is 9.88. The summed E-state index contributed by atoms with van der Waals surface area (Å²) in [5.41, 5.74) is 2.02. The van der Waals surface area contributed by atoms with E-state index in [-0.39, 0.29) is 23.7 Å². The average Bonchev–Trinajstić information content (AvgIpc) is 2.45. The van der Waals surface area contributed by atoms with Gasteiger partial charge < -0.3 is 20.6 Å². The zero-order valence-corrected chi connectivity index (χ0v) is 11.4. The highest BCUT2D eigenvalue weighted by Gasteiger charge is 2.34. The summed E-state index contributed by atoms with van der Waals surface area (Å²) >= 11 is 0. The summed E-state index contributed by atoms with van der Waals surface area (Å²) < 4.78 is 44.6. The summed E-state index contributed by atoms with van der Waals surface area (Å²) in [6.45, 7) is 2.39. The van der Waals surface area contributed by atoms with Gasteiger partial charge in [0.05, 0.1) is 18.2 Å². The number of halogens is 3. The highest BCUT2D eigenvalue weighted by atomic mass is 19.4. The maximum absolute atomic E-state index is 13.1. The van der Waals surface area contributed by atoms with Crippen molar-refractivity contribution in [3.8, 4) is 0 Å². The number of hydrazone groups is 1. The minimum Gasteiger partial charge on any atom is -0.474 e. The molecular formula is C13H16F3N3O2. The van der Waals surface area contributed by atoms with Crippen LogP contribution in [0.3, 0.4) is 0 Å². The maximum atomic E-state index is 13.1. The van der Waals surface area contributed by atoms with E-state index in [0.717, 1.165) is 6.07 Å². The minimum absolute atomic E-state index is 0.0292. The van der Waals surface area contributed by atoms with Crippen LogP contribution in [0.5, 0.6) is 0 Å². The van der Waals surface area contributed by atoms with Crippen molar-refractivity contribution in [2.75, 3.05) is 25.0 Å². The Balaban J connectivity index is 2.33. The van der Waals surface area contributed by atoms with Crippen LogP contribution in [-0.2, 0) is 10.9 Å². The van der Waals surface area contributed by atoms with E-state index in [1.54, 1.807) is 0 Å². The fourth-order valence-corrected chi connectivity index (χ4v) is 1.82. The van der Waals surface area contributed by atoms with Crippen LogP contribution in [0.4, 0.5) is 18.9 Å². The predicted molar refractivity (Wildman–Crippen MR) is 72.1 cm³/mol. The van der Waals surface area contributed by atoms with Crippen LogP contribution < -0.4 is 10.7 Å². The van der Waals surface area contributed by atoms with Crippen LogP contribution in [-0.4, -0.2) is 36.8 Å². The second-order valence-corrected chi connectivity index (χ2v) is 4.66. The van der Waals surface area contributed by atoms with Crippen LogP contribution in [0.2, 0.25) is 0 Å². The second-order valence-electron chi connectivity index (χ2n) is 4.66. The van der Waals surface area contributed by atoms with Crippen LogP contribution in [0.15, 0.2) is 23.3 Å². The van der Waals surface area contributed by atoms with Gasteiger partial charge in [-0.2, -0.15) is 13.2 Å². The maximum Gasteiger partial charge on any atom is 0.418 e. The zero-order chi connectivity index (χ0) is 15.5. The molecule has 116 valence electrons. The van der Waals surface area contributed by atoms with Crippen LogP contribution in [0, 0.1) is 0 Å². The minimum atomic E-state index is -4.51. The molecule has 1 heterocycles. The molecule has 0 aliphatic carbocycles. The molecule has 0 saturated carbocycles. The Morgan fingerprint density at radius 3 is 2.81 bits per heavy atom. The number of nitrogens with zero attached hydrogens (tertiary/aromatic N) is 1. The molecule has 1 aliphatic rings. The van der Waals surface area contributed by atoms with Crippen molar-refractivity contribution in [2.45, 2.75) is 19.2 Å². The molecular weight excluding hydrogens is 287 g/mol. The van der Waals surface area contributed by atoms with Gasteiger partial charge in [-0.1, -0.05) is 0 Å². The quantitative estimate of drug-likeness (QED) is 0.793. The van der Waals surface area contributed by atoms with Gasteiger partial charge in [-0.25, -0.2) is 0 Å². The summed E-state index contributed by atoms with van der Waals surface area (Å²) in [6, 6.07) is 3.78. The average molecular weight is 303 g/mol. The van der Waals surface area contributed by atoms with Gasteiger partial charge in [0, 0.05) is 17.8 Å². The van der Waals surface area contributed by atoms with Gasteiger partial charge in [0.1, 0.15) is 6.61 Å². The van der Waals surface area contributed by atoms with Crippen molar-refractivity contribution in [3.05, 3.63) is 29.3 Å². The monoisotopic (exact) mass is 303 g/mol. The number of aliphatic hydroxyl groups excluding tert-OH is 1. The van der Waals surface area contributed by atoms with Crippen LogP contribution in [0.1, 0.15) is 18.1 Å². The molecule has 0 saturated heterocycles. The van der Waals surface area contributed by atoms with Gasteiger partial charge in [-0.15, -0.1) is 5.10 Å². The fourth-order valence-electron chi connectivity index (χ4n) is 1.82. The third kappa shape index (κ3) is 4.01. The summed E-state index contributed by atoms with van der Waals surface area (Å²) in [7, 11) is 0. The molecule has 0 spiro atoms. The summed E-state index contributed by atoms with van der Waals surface area (Å²) in [6.07, 6.45) is -5.26. The molecule has 0 fully saturated rings. The highest BCUT2D eigenvalue weighted by molar-refractivity contribution is 5.95. The molecule has 3 N–H and O–H groups in total. The van der Waals surface area contributed by atoms with Gasteiger partial charge in [0.25, 0.3) is 0 Å². The number of hydrogen-bond donors (Lipinski definition) is 3. The number of benzene rings is 1. The number of nitrogens with one attached hydrogen (secondary N) is 2. The van der Waals surface area contributed by atoms with Crippen molar-refractivity contribution < 1.29 is 23.0 Å². The molecule has 5 nitrogen and oxygen atoms in total. The number of anilines is 1. The predicted octanol–water partition coefficient (Wildman–Crippen LogP) is 1.78. The van der Waals surface area contributed by atoms with Gasteiger partial charge in [-0.3, -0.25) is 0 Å². The second kappa shape index (κ2) is 6.21. The molecule has 0 radical (unpaired) electrons. The van der Waals surface area contributed by atoms with E-state index in [1.807, 2.05) is 0 Å². The lowest BCUT2D eigenvalue weighted by Gasteiger charge is -2.19. The van der Waals surface area contributed by atoms with E-state index in [0.29, 0.717) is 13.2 Å². The topological polar surface area (TPSA) is 65.9 Å². The lowest BCUT2D eigenvalue weighted by atomic mass is 10.1. The Bertz CT molecular complexity index is 530. The smallest absolute Gasteiger partial charge is 0.418 e. The third-order valence-corrected chi connectivity index (χ3v) is 2.79. The Labute approximate surface area is 119 Å². The third-order valence-electron chi connectivity index (χ3n) is 2.79. The molecule has 0 aromatic heterocycles. The standard InChI is InChI=1S/C13H16F3N3O2/c1-8(20)7-17-11-3-2-9(6-10(11)13(14,15)16)12-19-18-4-5-21-12/h2-3,6,8,17-18,20H,4-5,7H2,1H3/t8-/m1/s1. The number of alkyl halides is 3. The molecule has 0 amide bonds. The van der Waals surface area contributed by atoms with E-state index in [2.05, 4.69) is 15.8 Å². The first kappa shape index (κ1) is 15.4. The number of rotatable bonds is 4. The zero-order valence-electron chi connectivity index (χ0n) is 11.4. The van der Waals surface area contributed by atoms with E-state index in [9.17, 15) is 18.3 Å². The Morgan fingerprint density at radius 1 is 1.48 bits per heavy atom.